The molecule has 1 aliphatic carbocycles. The third kappa shape index (κ3) is 4.35. The van der Waals surface area contributed by atoms with Gasteiger partial charge < -0.3 is 15.0 Å². The van der Waals surface area contributed by atoms with Gasteiger partial charge in [-0.1, -0.05) is 24.3 Å². The zero-order valence-electron chi connectivity index (χ0n) is 17.8. The van der Waals surface area contributed by atoms with Crippen LogP contribution in [0.25, 0.3) is 0 Å². The monoisotopic (exact) mass is 419 g/mol. The number of hydrogen-bond donors (Lipinski definition) is 1. The number of aromatic nitrogens is 1. The number of benzene rings is 1. The van der Waals surface area contributed by atoms with Crippen LogP contribution in [0.4, 0.5) is 0 Å². The molecular weight excluding hydrogens is 390 g/mol. The number of ether oxygens (including phenoxy) is 1. The van der Waals surface area contributed by atoms with Crippen LogP contribution in [-0.4, -0.2) is 47.4 Å². The van der Waals surface area contributed by atoms with Crippen molar-refractivity contribution in [3.63, 3.8) is 0 Å². The number of likely N-dealkylation sites (tertiary alicyclic amines) is 1. The van der Waals surface area contributed by atoms with E-state index in [4.69, 9.17) is 4.74 Å². The minimum Gasteiger partial charge on any atom is -0.366 e. The van der Waals surface area contributed by atoms with E-state index in [9.17, 15) is 9.59 Å². The fraction of sp³-hybridized carbons (Fsp3) is 0.480. The highest BCUT2D eigenvalue weighted by atomic mass is 16.5. The maximum Gasteiger partial charge on any atom is 0.255 e. The number of fused-ring (bicyclic) bond motifs is 2. The largest absolute Gasteiger partial charge is 0.366 e. The minimum absolute atomic E-state index is 0.0167. The van der Waals surface area contributed by atoms with E-state index in [2.05, 4.69) is 34.6 Å². The van der Waals surface area contributed by atoms with Gasteiger partial charge in [0.25, 0.3) is 5.91 Å². The highest BCUT2D eigenvalue weighted by molar-refractivity contribution is 5.93. The van der Waals surface area contributed by atoms with Crippen molar-refractivity contribution in [2.45, 2.75) is 50.2 Å². The molecule has 2 fully saturated rings. The Hall–Kier alpha value is -2.73. The fourth-order valence-corrected chi connectivity index (χ4v) is 4.92. The second-order valence-electron chi connectivity index (χ2n) is 9.08. The fourth-order valence-electron chi connectivity index (χ4n) is 4.92. The van der Waals surface area contributed by atoms with E-state index in [1.54, 1.807) is 18.5 Å². The van der Waals surface area contributed by atoms with Gasteiger partial charge in [-0.15, -0.1) is 0 Å². The Morgan fingerprint density at radius 2 is 1.94 bits per heavy atom. The lowest BCUT2D eigenvalue weighted by molar-refractivity contribution is -0.147. The molecule has 31 heavy (non-hydrogen) atoms. The van der Waals surface area contributed by atoms with E-state index >= 15 is 0 Å². The molecule has 1 N–H and O–H groups in total. The summed E-state index contributed by atoms with van der Waals surface area (Å²) in [5, 5.41) is 3.07. The van der Waals surface area contributed by atoms with E-state index in [1.165, 1.54) is 24.0 Å². The molecule has 5 rings (SSSR count). The Labute approximate surface area is 183 Å². The lowest BCUT2D eigenvalue weighted by atomic mass is 9.77. The number of hydrogen-bond acceptors (Lipinski definition) is 4. The predicted octanol–water partition coefficient (Wildman–Crippen LogP) is 3.07. The first-order valence-electron chi connectivity index (χ1n) is 11.4. The van der Waals surface area contributed by atoms with Gasteiger partial charge in [0.2, 0.25) is 5.91 Å². The Balaban J connectivity index is 1.29. The van der Waals surface area contributed by atoms with Crippen LogP contribution in [0.15, 0.2) is 48.8 Å². The van der Waals surface area contributed by atoms with E-state index in [1.807, 2.05) is 11.0 Å². The topological polar surface area (TPSA) is 71.5 Å². The van der Waals surface area contributed by atoms with Crippen LogP contribution in [0, 0.1) is 5.92 Å². The molecule has 6 heteroatoms. The third-order valence-corrected chi connectivity index (χ3v) is 6.81. The quantitative estimate of drug-likeness (QED) is 0.809. The predicted molar refractivity (Wildman–Crippen MR) is 116 cm³/mol. The van der Waals surface area contributed by atoms with Crippen molar-refractivity contribution in [3.05, 3.63) is 65.5 Å². The molecule has 0 bridgehead atoms. The average molecular weight is 420 g/mol. The van der Waals surface area contributed by atoms with Crippen LogP contribution >= 0.6 is 0 Å². The number of amides is 2. The lowest BCUT2D eigenvalue weighted by Crippen LogP contribution is -2.50. The highest BCUT2D eigenvalue weighted by Gasteiger charge is 2.44. The molecule has 1 spiro atoms. The van der Waals surface area contributed by atoms with Gasteiger partial charge in [-0.3, -0.25) is 14.6 Å². The van der Waals surface area contributed by atoms with Crippen LogP contribution in [0.3, 0.4) is 0 Å². The normalized spacial score (nSPS) is 22.1. The molecule has 3 heterocycles. The summed E-state index contributed by atoms with van der Waals surface area (Å²) in [4.78, 5) is 31.3. The van der Waals surface area contributed by atoms with E-state index in [-0.39, 0.29) is 17.9 Å². The molecular formula is C25H29N3O3. The molecule has 1 aromatic heterocycles. The first kappa shape index (κ1) is 20.2. The molecule has 6 nitrogen and oxygen atoms in total. The summed E-state index contributed by atoms with van der Waals surface area (Å²) < 4.78 is 6.66. The number of rotatable bonds is 5. The maximum absolute atomic E-state index is 12.9. The van der Waals surface area contributed by atoms with Crippen molar-refractivity contribution < 1.29 is 14.3 Å². The molecule has 0 radical (unpaired) electrons. The number of pyridine rings is 1. The number of carbonyl (C=O) groups is 2. The SMILES string of the molecule is O=C(CC1Cc2ccccc2C2(CCN(C(=O)c3cccnc3)CC2)O1)NCC1CC1. The molecule has 162 valence electrons. The van der Waals surface area contributed by atoms with Gasteiger partial charge in [-0.2, -0.15) is 0 Å². The van der Waals surface area contributed by atoms with Crippen LogP contribution in [-0.2, 0) is 21.6 Å². The minimum atomic E-state index is -0.429. The summed E-state index contributed by atoms with van der Waals surface area (Å²) in [5.41, 5.74) is 2.68. The van der Waals surface area contributed by atoms with Crippen molar-refractivity contribution in [1.82, 2.24) is 15.2 Å². The number of carbonyl (C=O) groups excluding carboxylic acids is 2. The van der Waals surface area contributed by atoms with Gasteiger partial charge >= 0.3 is 0 Å². The Kier molecular flexibility index (Phi) is 5.48. The molecule has 1 atom stereocenters. The Morgan fingerprint density at radius 1 is 1.13 bits per heavy atom. The van der Waals surface area contributed by atoms with Crippen molar-refractivity contribution >= 4 is 11.8 Å². The average Bonchev–Trinajstić information content (AvgIpc) is 3.63. The second-order valence-corrected chi connectivity index (χ2v) is 9.08. The van der Waals surface area contributed by atoms with Gasteiger partial charge in [0.05, 0.1) is 23.7 Å². The summed E-state index contributed by atoms with van der Waals surface area (Å²) in [6, 6.07) is 12.0. The van der Waals surface area contributed by atoms with Gasteiger partial charge in [0, 0.05) is 32.0 Å². The lowest BCUT2D eigenvalue weighted by Gasteiger charge is -2.47. The molecule has 3 aliphatic rings. The molecule has 2 amide bonds. The third-order valence-electron chi connectivity index (χ3n) is 6.81. The molecule has 2 aliphatic heterocycles. The molecule has 1 aromatic carbocycles. The zero-order chi connectivity index (χ0) is 21.3. The van der Waals surface area contributed by atoms with E-state index in [0.717, 1.165) is 25.8 Å². The van der Waals surface area contributed by atoms with Crippen LogP contribution in [0.1, 0.15) is 53.6 Å². The molecule has 1 unspecified atom stereocenters. The summed E-state index contributed by atoms with van der Waals surface area (Å²) >= 11 is 0. The van der Waals surface area contributed by atoms with Gasteiger partial charge in [0.1, 0.15) is 0 Å². The van der Waals surface area contributed by atoms with Gasteiger partial charge in [0.15, 0.2) is 0 Å². The van der Waals surface area contributed by atoms with Crippen LogP contribution < -0.4 is 5.32 Å². The van der Waals surface area contributed by atoms with Gasteiger partial charge in [-0.05, 0) is 61.3 Å². The van der Waals surface area contributed by atoms with Crippen LogP contribution in [0.2, 0.25) is 0 Å². The number of piperidine rings is 1. The zero-order valence-corrected chi connectivity index (χ0v) is 17.8. The van der Waals surface area contributed by atoms with Crippen molar-refractivity contribution in [2.24, 2.45) is 5.92 Å². The summed E-state index contributed by atoms with van der Waals surface area (Å²) in [5.74, 6) is 0.767. The number of nitrogens with zero attached hydrogens (tertiary/aromatic N) is 2. The Morgan fingerprint density at radius 3 is 2.68 bits per heavy atom. The van der Waals surface area contributed by atoms with Crippen LogP contribution in [0.5, 0.6) is 0 Å². The Bertz CT molecular complexity index is 949. The smallest absolute Gasteiger partial charge is 0.255 e. The van der Waals surface area contributed by atoms with E-state index in [0.29, 0.717) is 31.0 Å². The summed E-state index contributed by atoms with van der Waals surface area (Å²) in [7, 11) is 0. The molecule has 1 saturated carbocycles. The highest BCUT2D eigenvalue weighted by Crippen LogP contribution is 2.44. The second kappa shape index (κ2) is 8.42. The molecule has 1 saturated heterocycles. The van der Waals surface area contributed by atoms with Crippen molar-refractivity contribution in [1.29, 1.82) is 0 Å². The molecule has 2 aromatic rings. The van der Waals surface area contributed by atoms with Crippen molar-refractivity contribution in [3.8, 4) is 0 Å². The summed E-state index contributed by atoms with van der Waals surface area (Å²) in [6.45, 7) is 2.05. The van der Waals surface area contributed by atoms with Crippen molar-refractivity contribution in [2.75, 3.05) is 19.6 Å². The first-order chi connectivity index (χ1) is 15.1. The maximum atomic E-state index is 12.9. The number of nitrogens with one attached hydrogen (secondary N) is 1. The standard InChI is InChI=1S/C25H29N3O3/c29-23(27-16-18-7-8-18)15-21-14-19-4-1-2-6-22(19)25(31-21)9-12-28(13-10-25)24(30)20-5-3-11-26-17-20/h1-6,11,17-18,21H,7-10,12-16H2,(H,27,29). The first-order valence-corrected chi connectivity index (χ1v) is 11.4. The van der Waals surface area contributed by atoms with E-state index < -0.39 is 5.60 Å². The van der Waals surface area contributed by atoms with Gasteiger partial charge in [-0.25, -0.2) is 0 Å². The summed E-state index contributed by atoms with van der Waals surface area (Å²) in [6.07, 6.45) is 8.23.